The van der Waals surface area contributed by atoms with Crippen LogP contribution in [-0.4, -0.2) is 30.6 Å². The summed E-state index contributed by atoms with van der Waals surface area (Å²) in [6.45, 7) is 8.02. The van der Waals surface area contributed by atoms with Crippen molar-refractivity contribution in [2.45, 2.75) is 38.5 Å². The fourth-order valence-corrected chi connectivity index (χ4v) is 2.31. The first-order valence-electron chi connectivity index (χ1n) is 7.47. The van der Waals surface area contributed by atoms with E-state index in [9.17, 15) is 4.79 Å². The molecule has 3 N–H and O–H groups in total. The van der Waals surface area contributed by atoms with Crippen molar-refractivity contribution in [1.29, 1.82) is 0 Å². The van der Waals surface area contributed by atoms with Crippen molar-refractivity contribution >= 4 is 23.5 Å². The van der Waals surface area contributed by atoms with Crippen molar-refractivity contribution in [2.24, 2.45) is 0 Å². The number of thioether (sulfide) groups is 1. The molecule has 0 aliphatic heterocycles. The van der Waals surface area contributed by atoms with Crippen LogP contribution in [0.4, 0.5) is 10.5 Å². The topological polar surface area (TPSA) is 53.2 Å². The highest BCUT2D eigenvalue weighted by atomic mass is 32.2. The van der Waals surface area contributed by atoms with Crippen LogP contribution < -0.4 is 16.0 Å². The molecule has 4 nitrogen and oxygen atoms in total. The van der Waals surface area contributed by atoms with Crippen molar-refractivity contribution in [2.75, 3.05) is 24.7 Å². The number of hydrogen-bond donors (Lipinski definition) is 3. The van der Waals surface area contributed by atoms with Gasteiger partial charge in [-0.05, 0) is 43.8 Å². The van der Waals surface area contributed by atoms with Gasteiger partial charge in [-0.15, -0.1) is 0 Å². The molecule has 0 heterocycles. The summed E-state index contributed by atoms with van der Waals surface area (Å²) in [5.41, 5.74) is 2.04. The second-order valence-corrected chi connectivity index (χ2v) is 6.39. The molecular weight excluding hydrogens is 282 g/mol. The monoisotopic (exact) mass is 309 g/mol. The van der Waals surface area contributed by atoms with Gasteiger partial charge in [-0.25, -0.2) is 4.79 Å². The zero-order chi connectivity index (χ0) is 15.7. The van der Waals surface area contributed by atoms with Gasteiger partial charge in [0.05, 0.1) is 0 Å². The highest BCUT2D eigenvalue weighted by molar-refractivity contribution is 7.99. The molecule has 0 radical (unpaired) electrons. The Morgan fingerprint density at radius 3 is 2.48 bits per heavy atom. The first-order valence-corrected chi connectivity index (χ1v) is 8.76. The molecule has 21 heavy (non-hydrogen) atoms. The van der Waals surface area contributed by atoms with Crippen LogP contribution in [0, 0.1) is 0 Å². The molecule has 0 saturated heterocycles. The molecule has 1 rings (SSSR count). The van der Waals surface area contributed by atoms with Crippen LogP contribution in [0.5, 0.6) is 0 Å². The summed E-state index contributed by atoms with van der Waals surface area (Å²) in [6, 6.07) is 8.14. The molecule has 1 aromatic carbocycles. The maximum Gasteiger partial charge on any atom is 0.319 e. The van der Waals surface area contributed by atoms with Gasteiger partial charge in [-0.1, -0.05) is 26.0 Å². The molecule has 0 spiro atoms. The third-order valence-electron chi connectivity index (χ3n) is 3.42. The van der Waals surface area contributed by atoms with Gasteiger partial charge in [0.25, 0.3) is 0 Å². The first-order chi connectivity index (χ1) is 10.1. The van der Waals surface area contributed by atoms with E-state index in [1.807, 2.05) is 36.0 Å². The van der Waals surface area contributed by atoms with Crippen molar-refractivity contribution in [3.05, 3.63) is 29.8 Å². The predicted molar refractivity (Wildman–Crippen MR) is 93.1 cm³/mol. The molecule has 2 amide bonds. The Labute approximate surface area is 132 Å². The second kappa shape index (κ2) is 9.68. The van der Waals surface area contributed by atoms with Crippen LogP contribution in [0.15, 0.2) is 24.3 Å². The van der Waals surface area contributed by atoms with Gasteiger partial charge in [-0.3, -0.25) is 0 Å². The molecule has 2 unspecified atom stereocenters. The summed E-state index contributed by atoms with van der Waals surface area (Å²) in [5.74, 6) is 0. The number of carbonyl (C=O) groups is 1. The molecule has 0 aromatic heterocycles. The lowest BCUT2D eigenvalue weighted by Crippen LogP contribution is -2.30. The van der Waals surface area contributed by atoms with Gasteiger partial charge in [0.15, 0.2) is 0 Å². The largest absolute Gasteiger partial charge is 0.338 e. The molecule has 118 valence electrons. The predicted octanol–water partition coefficient (Wildman–Crippen LogP) is 3.62. The lowest BCUT2D eigenvalue weighted by atomic mass is 10.1. The van der Waals surface area contributed by atoms with Gasteiger partial charge >= 0.3 is 6.03 Å². The summed E-state index contributed by atoms with van der Waals surface area (Å²) in [4.78, 5) is 11.8. The Morgan fingerprint density at radius 2 is 1.90 bits per heavy atom. The van der Waals surface area contributed by atoms with Crippen LogP contribution in [0.25, 0.3) is 0 Å². The van der Waals surface area contributed by atoms with Gasteiger partial charge in [0, 0.05) is 23.5 Å². The van der Waals surface area contributed by atoms with Gasteiger partial charge in [0.1, 0.15) is 0 Å². The quantitative estimate of drug-likeness (QED) is 0.687. The molecule has 0 aliphatic rings. The van der Waals surface area contributed by atoms with E-state index in [1.54, 1.807) is 0 Å². The molecule has 0 bridgehead atoms. The second-order valence-electron chi connectivity index (χ2n) is 5.12. The zero-order valence-electron chi connectivity index (χ0n) is 13.4. The lowest BCUT2D eigenvalue weighted by Gasteiger charge is -2.14. The summed E-state index contributed by atoms with van der Waals surface area (Å²) in [7, 11) is 0. The highest BCUT2D eigenvalue weighted by Gasteiger charge is 2.05. The molecule has 5 heteroatoms. The number of nitrogens with one attached hydrogen (secondary N) is 3. The number of hydrogen-bond acceptors (Lipinski definition) is 3. The van der Waals surface area contributed by atoms with E-state index in [0.29, 0.717) is 17.8 Å². The van der Waals surface area contributed by atoms with Crippen molar-refractivity contribution in [1.82, 2.24) is 10.6 Å². The molecule has 1 aromatic rings. The molecule has 0 fully saturated rings. The standard InChI is InChI=1S/C16H27N3OS/c1-5-17-13(3)14-6-8-15(9-7-14)19-16(20)18-11-10-12(2)21-4/h6-9,12-13,17H,5,10-11H2,1-4H3,(H2,18,19,20). The normalized spacial score (nSPS) is 13.5. The van der Waals surface area contributed by atoms with Crippen molar-refractivity contribution in [3.63, 3.8) is 0 Å². The number of urea groups is 1. The maximum absolute atomic E-state index is 11.8. The van der Waals surface area contributed by atoms with Crippen LogP contribution in [-0.2, 0) is 0 Å². The number of benzene rings is 1. The number of anilines is 1. The summed E-state index contributed by atoms with van der Waals surface area (Å²) in [5, 5.41) is 9.66. The Bertz CT molecular complexity index is 422. The van der Waals surface area contributed by atoms with E-state index >= 15 is 0 Å². The van der Waals surface area contributed by atoms with Gasteiger partial charge in [-0.2, -0.15) is 11.8 Å². The summed E-state index contributed by atoms with van der Waals surface area (Å²) >= 11 is 1.81. The fourth-order valence-electron chi connectivity index (χ4n) is 1.96. The molecule has 2 atom stereocenters. The highest BCUT2D eigenvalue weighted by Crippen LogP contribution is 2.15. The van der Waals surface area contributed by atoms with Crippen LogP contribution in [0.3, 0.4) is 0 Å². The zero-order valence-corrected chi connectivity index (χ0v) is 14.2. The van der Waals surface area contributed by atoms with Crippen LogP contribution in [0.2, 0.25) is 0 Å². The van der Waals surface area contributed by atoms with E-state index in [0.717, 1.165) is 18.7 Å². The minimum Gasteiger partial charge on any atom is -0.338 e. The third kappa shape index (κ3) is 6.87. The minimum atomic E-state index is -0.143. The number of amides is 2. The van der Waals surface area contributed by atoms with Gasteiger partial charge in [0.2, 0.25) is 0 Å². The van der Waals surface area contributed by atoms with Gasteiger partial charge < -0.3 is 16.0 Å². The Balaban J connectivity index is 2.39. The first kappa shape index (κ1) is 17.9. The lowest BCUT2D eigenvalue weighted by molar-refractivity contribution is 0.252. The van der Waals surface area contributed by atoms with Crippen molar-refractivity contribution < 1.29 is 4.79 Å². The molecule has 0 saturated carbocycles. The SMILES string of the molecule is CCNC(C)c1ccc(NC(=O)NCCC(C)SC)cc1. The Morgan fingerprint density at radius 1 is 1.24 bits per heavy atom. The van der Waals surface area contributed by atoms with Crippen LogP contribution in [0.1, 0.15) is 38.8 Å². The minimum absolute atomic E-state index is 0.143. The van der Waals surface area contributed by atoms with Crippen molar-refractivity contribution in [3.8, 4) is 0 Å². The van der Waals surface area contributed by atoms with E-state index in [-0.39, 0.29) is 6.03 Å². The summed E-state index contributed by atoms with van der Waals surface area (Å²) < 4.78 is 0. The Kier molecular flexibility index (Phi) is 8.23. The average Bonchev–Trinajstić information content (AvgIpc) is 2.48. The average molecular weight is 309 g/mol. The van der Waals surface area contributed by atoms with E-state index in [4.69, 9.17) is 0 Å². The maximum atomic E-state index is 11.8. The van der Waals surface area contributed by atoms with E-state index in [1.165, 1.54) is 5.56 Å². The molecular formula is C16H27N3OS. The fraction of sp³-hybridized carbons (Fsp3) is 0.562. The van der Waals surface area contributed by atoms with Crippen LogP contribution >= 0.6 is 11.8 Å². The van der Waals surface area contributed by atoms with E-state index in [2.05, 4.69) is 43.0 Å². The third-order valence-corrected chi connectivity index (χ3v) is 4.46. The van der Waals surface area contributed by atoms with E-state index < -0.39 is 0 Å². The number of carbonyl (C=O) groups excluding carboxylic acids is 1. The smallest absolute Gasteiger partial charge is 0.319 e. The number of rotatable bonds is 8. The Hall–Kier alpha value is -1.20. The molecule has 0 aliphatic carbocycles. The summed E-state index contributed by atoms with van der Waals surface area (Å²) in [6.07, 6.45) is 3.06.